The Hall–Kier alpha value is -1.29. The first-order valence-corrected chi connectivity index (χ1v) is 4.83. The second-order valence-corrected chi connectivity index (χ2v) is 3.63. The molecule has 3 nitrogen and oxygen atoms in total. The van der Waals surface area contributed by atoms with Crippen molar-refractivity contribution in [3.8, 4) is 0 Å². The lowest BCUT2D eigenvalue weighted by Crippen LogP contribution is -2.33. The van der Waals surface area contributed by atoms with Gasteiger partial charge in [0.1, 0.15) is 5.82 Å². The standard InChI is InChI=1S/C11H17FN2O/c1-8(7-15-3)14(2)11-5-4-9(13)6-10(11)12/h4-6,8H,7,13H2,1-3H3. The molecule has 15 heavy (non-hydrogen) atoms. The van der Waals surface area contributed by atoms with Crippen LogP contribution in [0, 0.1) is 5.82 Å². The maximum Gasteiger partial charge on any atom is 0.148 e. The third-order valence-corrected chi connectivity index (χ3v) is 2.42. The van der Waals surface area contributed by atoms with Gasteiger partial charge < -0.3 is 15.4 Å². The summed E-state index contributed by atoms with van der Waals surface area (Å²) in [6, 6.07) is 4.81. The van der Waals surface area contributed by atoms with Gasteiger partial charge in [0.05, 0.1) is 12.3 Å². The molecular weight excluding hydrogens is 195 g/mol. The first-order valence-electron chi connectivity index (χ1n) is 4.83. The van der Waals surface area contributed by atoms with E-state index in [1.165, 1.54) is 6.07 Å². The van der Waals surface area contributed by atoms with Crippen molar-refractivity contribution in [2.45, 2.75) is 13.0 Å². The summed E-state index contributed by atoms with van der Waals surface area (Å²) < 4.78 is 18.6. The van der Waals surface area contributed by atoms with Crippen LogP contribution in [0.3, 0.4) is 0 Å². The third-order valence-electron chi connectivity index (χ3n) is 2.42. The smallest absolute Gasteiger partial charge is 0.148 e. The van der Waals surface area contributed by atoms with E-state index in [0.717, 1.165) is 0 Å². The normalized spacial score (nSPS) is 12.5. The molecule has 0 saturated heterocycles. The molecule has 2 N–H and O–H groups in total. The molecule has 0 bridgehead atoms. The van der Waals surface area contributed by atoms with Crippen molar-refractivity contribution in [1.29, 1.82) is 0 Å². The van der Waals surface area contributed by atoms with Gasteiger partial charge in [-0.15, -0.1) is 0 Å². The molecule has 1 atom stereocenters. The van der Waals surface area contributed by atoms with Crippen molar-refractivity contribution in [2.75, 3.05) is 31.4 Å². The van der Waals surface area contributed by atoms with E-state index in [0.29, 0.717) is 18.0 Å². The highest BCUT2D eigenvalue weighted by Gasteiger charge is 2.13. The van der Waals surface area contributed by atoms with Gasteiger partial charge >= 0.3 is 0 Å². The van der Waals surface area contributed by atoms with Crippen molar-refractivity contribution in [3.63, 3.8) is 0 Å². The summed E-state index contributed by atoms with van der Waals surface area (Å²) in [4.78, 5) is 1.83. The van der Waals surface area contributed by atoms with Gasteiger partial charge in [-0.25, -0.2) is 4.39 Å². The van der Waals surface area contributed by atoms with Gasteiger partial charge in [0.2, 0.25) is 0 Å². The summed E-state index contributed by atoms with van der Waals surface area (Å²) in [6.45, 7) is 2.53. The Morgan fingerprint density at radius 3 is 2.73 bits per heavy atom. The summed E-state index contributed by atoms with van der Waals surface area (Å²) in [5.41, 5.74) is 6.45. The Kier molecular flexibility index (Phi) is 3.91. The lowest BCUT2D eigenvalue weighted by molar-refractivity contribution is 0.183. The van der Waals surface area contributed by atoms with Crippen LogP contribution < -0.4 is 10.6 Å². The first kappa shape index (κ1) is 11.8. The minimum atomic E-state index is -0.305. The van der Waals surface area contributed by atoms with E-state index in [-0.39, 0.29) is 11.9 Å². The van der Waals surface area contributed by atoms with Gasteiger partial charge in [-0.2, -0.15) is 0 Å². The van der Waals surface area contributed by atoms with Gasteiger partial charge in [-0.1, -0.05) is 0 Å². The molecule has 1 rings (SSSR count). The fourth-order valence-corrected chi connectivity index (χ4v) is 1.40. The number of methoxy groups -OCH3 is 1. The molecule has 0 radical (unpaired) electrons. The number of ether oxygens (including phenoxy) is 1. The van der Waals surface area contributed by atoms with Crippen molar-refractivity contribution in [3.05, 3.63) is 24.0 Å². The maximum absolute atomic E-state index is 13.5. The van der Waals surface area contributed by atoms with Crippen molar-refractivity contribution in [1.82, 2.24) is 0 Å². The summed E-state index contributed by atoms with van der Waals surface area (Å²) >= 11 is 0. The number of nitrogen functional groups attached to an aromatic ring is 1. The topological polar surface area (TPSA) is 38.5 Å². The average Bonchev–Trinajstić information content (AvgIpc) is 2.17. The molecule has 1 unspecified atom stereocenters. The minimum Gasteiger partial charge on any atom is -0.399 e. The van der Waals surface area contributed by atoms with E-state index < -0.39 is 0 Å². The highest BCUT2D eigenvalue weighted by molar-refractivity contribution is 5.54. The zero-order valence-electron chi connectivity index (χ0n) is 9.33. The number of hydrogen-bond acceptors (Lipinski definition) is 3. The minimum absolute atomic E-state index is 0.119. The number of anilines is 2. The zero-order chi connectivity index (χ0) is 11.4. The second kappa shape index (κ2) is 4.98. The van der Waals surface area contributed by atoms with Gasteiger partial charge in [0.15, 0.2) is 0 Å². The molecule has 0 spiro atoms. The molecule has 0 fully saturated rings. The quantitative estimate of drug-likeness (QED) is 0.774. The van der Waals surface area contributed by atoms with Gasteiger partial charge in [0.25, 0.3) is 0 Å². The van der Waals surface area contributed by atoms with Crippen LogP contribution in [0.5, 0.6) is 0 Å². The second-order valence-electron chi connectivity index (χ2n) is 3.63. The lowest BCUT2D eigenvalue weighted by atomic mass is 10.2. The number of nitrogens with zero attached hydrogens (tertiary/aromatic N) is 1. The Morgan fingerprint density at radius 2 is 2.20 bits per heavy atom. The van der Waals surface area contributed by atoms with Crippen molar-refractivity contribution in [2.24, 2.45) is 0 Å². The molecule has 0 aliphatic heterocycles. The van der Waals surface area contributed by atoms with E-state index in [1.54, 1.807) is 19.2 Å². The molecule has 0 aliphatic carbocycles. The van der Waals surface area contributed by atoms with Crippen LogP contribution >= 0.6 is 0 Å². The first-order chi connectivity index (χ1) is 7.06. The number of hydrogen-bond donors (Lipinski definition) is 1. The Labute approximate surface area is 89.6 Å². The fraction of sp³-hybridized carbons (Fsp3) is 0.455. The van der Waals surface area contributed by atoms with Crippen LogP contribution in [0.4, 0.5) is 15.8 Å². The molecule has 4 heteroatoms. The molecule has 84 valence electrons. The van der Waals surface area contributed by atoms with Gasteiger partial charge in [0, 0.05) is 25.9 Å². The lowest BCUT2D eigenvalue weighted by Gasteiger charge is -2.26. The number of halogens is 1. The predicted molar refractivity (Wildman–Crippen MR) is 60.6 cm³/mol. The highest BCUT2D eigenvalue weighted by Crippen LogP contribution is 2.21. The monoisotopic (exact) mass is 212 g/mol. The van der Waals surface area contributed by atoms with Crippen LogP contribution in [0.2, 0.25) is 0 Å². The number of nitrogens with two attached hydrogens (primary N) is 1. The van der Waals surface area contributed by atoms with Crippen LogP contribution in [0.1, 0.15) is 6.92 Å². The Morgan fingerprint density at radius 1 is 1.53 bits per heavy atom. The van der Waals surface area contributed by atoms with E-state index in [9.17, 15) is 4.39 Å². The predicted octanol–water partition coefficient (Wildman–Crippen LogP) is 1.88. The molecule has 0 aromatic heterocycles. The maximum atomic E-state index is 13.5. The zero-order valence-corrected chi connectivity index (χ0v) is 9.33. The Bertz CT molecular complexity index is 330. The number of rotatable bonds is 4. The molecule has 0 saturated carbocycles. The average molecular weight is 212 g/mol. The summed E-state index contributed by atoms with van der Waals surface area (Å²) in [7, 11) is 3.46. The van der Waals surface area contributed by atoms with E-state index >= 15 is 0 Å². The fourth-order valence-electron chi connectivity index (χ4n) is 1.40. The highest BCUT2D eigenvalue weighted by atomic mass is 19.1. The van der Waals surface area contributed by atoms with Gasteiger partial charge in [-0.3, -0.25) is 0 Å². The van der Waals surface area contributed by atoms with Crippen LogP contribution in [0.15, 0.2) is 18.2 Å². The molecule has 0 aliphatic rings. The van der Waals surface area contributed by atoms with E-state index in [4.69, 9.17) is 10.5 Å². The SMILES string of the molecule is COCC(C)N(C)c1ccc(N)cc1F. The molecular formula is C11H17FN2O. The molecule has 0 amide bonds. The Balaban J connectivity index is 2.86. The van der Waals surface area contributed by atoms with E-state index in [1.807, 2.05) is 18.9 Å². The van der Waals surface area contributed by atoms with Gasteiger partial charge in [-0.05, 0) is 25.1 Å². The number of likely N-dealkylation sites (N-methyl/N-ethyl adjacent to an activating group) is 1. The third kappa shape index (κ3) is 2.83. The van der Waals surface area contributed by atoms with Crippen molar-refractivity contribution >= 4 is 11.4 Å². The molecule has 1 aromatic rings. The molecule has 1 aromatic carbocycles. The van der Waals surface area contributed by atoms with Crippen LogP contribution in [-0.4, -0.2) is 26.8 Å². The molecule has 0 heterocycles. The largest absolute Gasteiger partial charge is 0.399 e. The summed E-state index contributed by atoms with van der Waals surface area (Å²) in [6.07, 6.45) is 0. The van der Waals surface area contributed by atoms with Crippen LogP contribution in [0.25, 0.3) is 0 Å². The summed E-state index contributed by atoms with van der Waals surface area (Å²) in [5.74, 6) is -0.305. The summed E-state index contributed by atoms with van der Waals surface area (Å²) in [5, 5.41) is 0. The van der Waals surface area contributed by atoms with E-state index in [2.05, 4.69) is 0 Å². The van der Waals surface area contributed by atoms with Crippen molar-refractivity contribution < 1.29 is 9.13 Å². The van der Waals surface area contributed by atoms with Crippen LogP contribution in [-0.2, 0) is 4.74 Å². The number of benzene rings is 1.